The van der Waals surface area contributed by atoms with E-state index in [-0.39, 0.29) is 38.9 Å². The smallest absolute Gasteiger partial charge is 0.275 e. The number of nitrogens with zero attached hydrogens (tertiary/aromatic N) is 5. The molecule has 0 amide bonds. The van der Waals surface area contributed by atoms with Gasteiger partial charge in [-0.15, -0.1) is 0 Å². The van der Waals surface area contributed by atoms with Crippen molar-refractivity contribution >= 4 is 32.5 Å². The van der Waals surface area contributed by atoms with Crippen molar-refractivity contribution in [2.75, 3.05) is 0 Å². The van der Waals surface area contributed by atoms with Crippen LogP contribution in [0.3, 0.4) is 0 Å². The van der Waals surface area contributed by atoms with Crippen LogP contribution in [0.1, 0.15) is 18.1 Å². The van der Waals surface area contributed by atoms with Gasteiger partial charge in [0.2, 0.25) is 16.0 Å². The highest BCUT2D eigenvalue weighted by molar-refractivity contribution is 7.89. The number of nitrogens with one attached hydrogen (secondary N) is 1. The molecule has 36 heavy (non-hydrogen) atoms. The monoisotopic (exact) mass is 538 g/mol. The van der Waals surface area contributed by atoms with Crippen LogP contribution in [0.25, 0.3) is 28.2 Å². The predicted molar refractivity (Wildman–Crippen MR) is 122 cm³/mol. The third-order valence-electron chi connectivity index (χ3n) is 5.28. The van der Waals surface area contributed by atoms with Crippen molar-refractivity contribution in [3.63, 3.8) is 0 Å². The predicted octanol–water partition coefficient (Wildman–Crippen LogP) is 4.68. The van der Waals surface area contributed by atoms with Gasteiger partial charge in [-0.1, -0.05) is 11.6 Å². The minimum Gasteiger partial charge on any atom is -0.275 e. The maximum Gasteiger partial charge on any atom is 0.404 e. The molecule has 0 aliphatic heterocycles. The summed E-state index contributed by atoms with van der Waals surface area (Å²) in [5.74, 6) is -0.481. The van der Waals surface area contributed by atoms with Gasteiger partial charge in [0, 0.05) is 11.6 Å². The molecule has 0 bridgehead atoms. The summed E-state index contributed by atoms with van der Waals surface area (Å²) in [6, 6.07) is 4.63. The number of nitriles is 1. The largest absolute Gasteiger partial charge is 0.404 e. The lowest BCUT2D eigenvalue weighted by atomic mass is 10.1. The van der Waals surface area contributed by atoms with E-state index in [1.165, 1.54) is 42.1 Å². The van der Waals surface area contributed by atoms with Gasteiger partial charge in [-0.3, -0.25) is 9.55 Å². The van der Waals surface area contributed by atoms with E-state index in [1.807, 2.05) is 6.07 Å². The lowest BCUT2D eigenvalue weighted by Gasteiger charge is -2.17. The van der Waals surface area contributed by atoms with E-state index in [0.29, 0.717) is 12.4 Å². The molecular weight excluding hydrogens is 524 g/mol. The van der Waals surface area contributed by atoms with Gasteiger partial charge in [0.1, 0.15) is 22.8 Å². The SMILES string of the molecule is Cc1cc2c(cc1F)c(C#N)c(-c1ccc(S(=O)(=O)N[C@@H](C)C(F)(F)F)cn1)n2-c1ncc(Cl)cn1. The fourth-order valence-electron chi connectivity index (χ4n) is 3.44. The van der Waals surface area contributed by atoms with Crippen LogP contribution >= 0.6 is 11.6 Å². The van der Waals surface area contributed by atoms with Crippen molar-refractivity contribution in [3.05, 3.63) is 64.8 Å². The number of benzene rings is 1. The minimum absolute atomic E-state index is 0.00868. The average Bonchev–Trinajstić information content (AvgIpc) is 3.12. The molecule has 0 aliphatic carbocycles. The Bertz CT molecular complexity index is 1610. The zero-order valence-corrected chi connectivity index (χ0v) is 20.0. The van der Waals surface area contributed by atoms with Gasteiger partial charge in [0.25, 0.3) is 0 Å². The molecule has 8 nitrogen and oxygen atoms in total. The summed E-state index contributed by atoms with van der Waals surface area (Å²) in [7, 11) is -4.55. The van der Waals surface area contributed by atoms with Gasteiger partial charge in [-0.2, -0.15) is 23.2 Å². The number of sulfonamides is 1. The molecule has 4 aromatic rings. The number of aromatic nitrogens is 4. The first-order valence-corrected chi connectivity index (χ1v) is 12.0. The molecular formula is C22H15ClF4N6O2S. The third kappa shape index (κ3) is 4.62. The van der Waals surface area contributed by atoms with Crippen molar-refractivity contribution in [1.82, 2.24) is 24.2 Å². The van der Waals surface area contributed by atoms with Crippen molar-refractivity contribution in [2.24, 2.45) is 0 Å². The number of fused-ring (bicyclic) bond motifs is 1. The van der Waals surface area contributed by atoms with Crippen molar-refractivity contribution in [1.29, 1.82) is 5.26 Å². The van der Waals surface area contributed by atoms with Crippen LogP contribution in [-0.2, 0) is 10.0 Å². The number of halogens is 5. The van der Waals surface area contributed by atoms with Gasteiger partial charge in [0.05, 0.1) is 39.9 Å². The Labute approximate surface area is 207 Å². The normalized spacial score (nSPS) is 13.1. The first kappa shape index (κ1) is 25.5. The van der Waals surface area contributed by atoms with Gasteiger partial charge < -0.3 is 0 Å². The Morgan fingerprint density at radius 1 is 1.14 bits per heavy atom. The summed E-state index contributed by atoms with van der Waals surface area (Å²) >= 11 is 5.90. The standard InChI is InChI=1S/C22H15ClF4N6O2S/c1-11-5-19-15(6-17(11)24)16(7-28)20(33(19)21-30-8-13(23)9-31-21)18-4-3-14(10-29-18)36(34,35)32-12(2)22(25,26)27/h3-6,8-10,12,32H,1-2H3/t12-/m0/s1. The summed E-state index contributed by atoms with van der Waals surface area (Å²) in [6.07, 6.45) is -1.29. The molecule has 0 unspecified atom stereocenters. The van der Waals surface area contributed by atoms with Crippen molar-refractivity contribution < 1.29 is 26.0 Å². The summed E-state index contributed by atoms with van der Waals surface area (Å²) in [5.41, 5.74) is 0.865. The van der Waals surface area contributed by atoms with E-state index in [2.05, 4.69) is 15.0 Å². The Hall–Kier alpha value is -3.60. The molecule has 14 heteroatoms. The van der Waals surface area contributed by atoms with Crippen LogP contribution in [0.4, 0.5) is 17.6 Å². The van der Waals surface area contributed by atoms with Gasteiger partial charge in [0.15, 0.2) is 0 Å². The molecule has 0 spiro atoms. The van der Waals surface area contributed by atoms with Crippen LogP contribution < -0.4 is 4.72 Å². The fraction of sp³-hybridized carbons (Fsp3) is 0.182. The molecule has 1 aromatic carbocycles. The Morgan fingerprint density at radius 3 is 2.36 bits per heavy atom. The molecule has 4 rings (SSSR count). The molecule has 3 aromatic heterocycles. The molecule has 1 N–H and O–H groups in total. The third-order valence-corrected chi connectivity index (χ3v) is 7.00. The second-order valence-electron chi connectivity index (χ2n) is 7.75. The molecule has 0 aliphatic rings. The molecule has 3 heterocycles. The molecule has 0 radical (unpaired) electrons. The van der Waals surface area contributed by atoms with Crippen LogP contribution in [0.15, 0.2) is 47.8 Å². The molecule has 0 fully saturated rings. The van der Waals surface area contributed by atoms with Gasteiger partial charge in [-0.25, -0.2) is 22.8 Å². The molecule has 0 saturated heterocycles. The first-order valence-electron chi connectivity index (χ1n) is 10.1. The maximum atomic E-state index is 14.4. The maximum absolute atomic E-state index is 14.4. The zero-order chi connectivity index (χ0) is 26.4. The summed E-state index contributed by atoms with van der Waals surface area (Å²) in [6.45, 7) is 2.21. The zero-order valence-electron chi connectivity index (χ0n) is 18.5. The summed E-state index contributed by atoms with van der Waals surface area (Å²) in [4.78, 5) is 11.9. The second-order valence-corrected chi connectivity index (χ2v) is 9.90. The van der Waals surface area contributed by atoms with Crippen LogP contribution in [0, 0.1) is 24.1 Å². The number of alkyl halides is 3. The van der Waals surface area contributed by atoms with Gasteiger partial charge >= 0.3 is 6.18 Å². The quantitative estimate of drug-likeness (QED) is 0.369. The molecule has 186 valence electrons. The van der Waals surface area contributed by atoms with Crippen LogP contribution in [-0.4, -0.2) is 40.2 Å². The van der Waals surface area contributed by atoms with Crippen LogP contribution in [0.2, 0.25) is 5.02 Å². The topological polar surface area (TPSA) is 114 Å². The molecule has 0 saturated carbocycles. The Morgan fingerprint density at radius 2 is 1.81 bits per heavy atom. The Balaban J connectivity index is 1.91. The number of hydrogen-bond acceptors (Lipinski definition) is 6. The van der Waals surface area contributed by atoms with E-state index in [0.717, 1.165) is 12.3 Å². The lowest BCUT2D eigenvalue weighted by molar-refractivity contribution is -0.147. The van der Waals surface area contributed by atoms with E-state index in [4.69, 9.17) is 11.6 Å². The highest BCUT2D eigenvalue weighted by Gasteiger charge is 2.39. The summed E-state index contributed by atoms with van der Waals surface area (Å²) < 4.78 is 80.7. The Kier molecular flexibility index (Phi) is 6.46. The van der Waals surface area contributed by atoms with Crippen molar-refractivity contribution in [3.8, 4) is 23.4 Å². The fourth-order valence-corrected chi connectivity index (χ4v) is 4.71. The first-order chi connectivity index (χ1) is 16.8. The van der Waals surface area contributed by atoms with E-state index < -0.39 is 33.0 Å². The lowest BCUT2D eigenvalue weighted by Crippen LogP contribution is -2.42. The van der Waals surface area contributed by atoms with E-state index in [9.17, 15) is 31.2 Å². The number of hydrogen-bond donors (Lipinski definition) is 1. The average molecular weight is 539 g/mol. The molecule has 1 atom stereocenters. The highest BCUT2D eigenvalue weighted by Crippen LogP contribution is 2.36. The number of pyridine rings is 1. The highest BCUT2D eigenvalue weighted by atomic mass is 35.5. The van der Waals surface area contributed by atoms with Crippen LogP contribution in [0.5, 0.6) is 0 Å². The van der Waals surface area contributed by atoms with E-state index in [1.54, 1.807) is 4.72 Å². The van der Waals surface area contributed by atoms with Crippen molar-refractivity contribution in [2.45, 2.75) is 31.0 Å². The summed E-state index contributed by atoms with van der Waals surface area (Å²) in [5, 5.41) is 10.4. The number of rotatable bonds is 5. The van der Waals surface area contributed by atoms with Gasteiger partial charge in [-0.05, 0) is 43.7 Å². The van der Waals surface area contributed by atoms with E-state index >= 15 is 0 Å². The minimum atomic E-state index is -4.78. The second kappa shape index (κ2) is 9.12. The number of aryl methyl sites for hydroxylation is 1.